The summed E-state index contributed by atoms with van der Waals surface area (Å²) in [5.74, 6) is 0.405. The largest absolute Gasteiger partial charge is 0.396 e. The smallest absolute Gasteiger partial charge is 0.244 e. The number of anilines is 1. The molecule has 0 unspecified atom stereocenters. The lowest BCUT2D eigenvalue weighted by Crippen LogP contribution is -2.53. The molecule has 0 spiro atoms. The van der Waals surface area contributed by atoms with E-state index in [9.17, 15) is 9.90 Å². The summed E-state index contributed by atoms with van der Waals surface area (Å²) in [6, 6.07) is 7.74. The molecule has 0 aliphatic carbocycles. The summed E-state index contributed by atoms with van der Waals surface area (Å²) in [5, 5.41) is 15.5. The first-order valence-corrected chi connectivity index (χ1v) is 9.23. The molecule has 3 N–H and O–H groups in total. The van der Waals surface area contributed by atoms with E-state index in [0.29, 0.717) is 25.7 Å². The molecule has 1 aromatic carbocycles. The van der Waals surface area contributed by atoms with Gasteiger partial charge in [0.2, 0.25) is 5.91 Å². The lowest BCUT2D eigenvalue weighted by Gasteiger charge is -2.31. The Bertz CT molecular complexity index is 573. The highest BCUT2D eigenvalue weighted by Gasteiger charge is 2.28. The summed E-state index contributed by atoms with van der Waals surface area (Å²) in [6.07, 6.45) is 1.99. The monoisotopic (exact) mass is 347 g/mol. The number of nitrogens with one attached hydrogen (secondary N) is 2. The van der Waals surface area contributed by atoms with Crippen LogP contribution < -0.4 is 10.6 Å². The summed E-state index contributed by atoms with van der Waals surface area (Å²) in [7, 11) is 0. The molecule has 2 aliphatic rings. The zero-order chi connectivity index (χ0) is 17.6. The van der Waals surface area contributed by atoms with Crippen molar-refractivity contribution in [1.29, 1.82) is 0 Å². The van der Waals surface area contributed by atoms with E-state index in [1.165, 1.54) is 5.56 Å². The Hall–Kier alpha value is -1.47. The Labute approximate surface area is 149 Å². The average Bonchev–Trinajstić information content (AvgIpc) is 2.63. The highest BCUT2D eigenvalue weighted by Crippen LogP contribution is 2.20. The first kappa shape index (κ1) is 18.3. The van der Waals surface area contributed by atoms with E-state index < -0.39 is 0 Å². The van der Waals surface area contributed by atoms with Gasteiger partial charge in [-0.2, -0.15) is 0 Å². The van der Waals surface area contributed by atoms with E-state index in [1.54, 1.807) is 0 Å². The van der Waals surface area contributed by atoms with E-state index in [-0.39, 0.29) is 18.1 Å². The van der Waals surface area contributed by atoms with Crippen LogP contribution in [0.3, 0.4) is 0 Å². The number of aliphatic hydroxyl groups is 1. The number of nitrogens with zero attached hydrogens (tertiary/aromatic N) is 1. The maximum atomic E-state index is 12.5. The molecule has 0 aromatic heterocycles. The van der Waals surface area contributed by atoms with Crippen molar-refractivity contribution in [2.45, 2.75) is 38.5 Å². The number of amides is 1. The van der Waals surface area contributed by atoms with Crippen molar-refractivity contribution >= 4 is 11.6 Å². The van der Waals surface area contributed by atoms with Gasteiger partial charge in [-0.05, 0) is 56.5 Å². The standard InChI is InChI=1S/C19H29N3O3/c1-14-18(20-7-10-25-14)19(24)21-17-4-2-3-16(11-17)12-22-8-5-15(13-23)6-9-22/h2-4,11,14-15,18,20,23H,5-10,12-13H2,1H3,(H,21,24)/t14-,18+/m1/s1. The van der Waals surface area contributed by atoms with Crippen LogP contribution in [0.4, 0.5) is 5.69 Å². The number of morpholine rings is 1. The van der Waals surface area contributed by atoms with Crippen molar-refractivity contribution in [3.63, 3.8) is 0 Å². The maximum absolute atomic E-state index is 12.5. The van der Waals surface area contributed by atoms with Gasteiger partial charge in [-0.3, -0.25) is 9.69 Å². The Balaban J connectivity index is 1.55. The van der Waals surface area contributed by atoms with Crippen LogP contribution in [0.15, 0.2) is 24.3 Å². The van der Waals surface area contributed by atoms with E-state index in [4.69, 9.17) is 4.74 Å². The molecule has 6 heteroatoms. The van der Waals surface area contributed by atoms with Crippen molar-refractivity contribution in [2.75, 3.05) is 38.2 Å². The van der Waals surface area contributed by atoms with E-state index in [2.05, 4.69) is 21.6 Å². The number of benzene rings is 1. The SMILES string of the molecule is C[C@H]1OCCN[C@@H]1C(=O)Nc1cccc(CN2CCC(CO)CC2)c1. The molecular weight excluding hydrogens is 318 g/mol. The molecule has 0 saturated carbocycles. The minimum absolute atomic E-state index is 0.0480. The first-order valence-electron chi connectivity index (χ1n) is 9.23. The van der Waals surface area contributed by atoms with E-state index >= 15 is 0 Å². The number of likely N-dealkylation sites (tertiary alicyclic amines) is 1. The second kappa shape index (κ2) is 8.76. The van der Waals surface area contributed by atoms with Gasteiger partial charge in [0.15, 0.2) is 0 Å². The molecule has 2 aliphatic heterocycles. The second-order valence-corrected chi connectivity index (χ2v) is 7.10. The van der Waals surface area contributed by atoms with Gasteiger partial charge in [-0.25, -0.2) is 0 Å². The summed E-state index contributed by atoms with van der Waals surface area (Å²) < 4.78 is 5.54. The van der Waals surface area contributed by atoms with Crippen molar-refractivity contribution in [3.8, 4) is 0 Å². The molecule has 3 rings (SSSR count). The van der Waals surface area contributed by atoms with Gasteiger partial charge in [0, 0.05) is 25.4 Å². The van der Waals surface area contributed by atoms with E-state index in [1.807, 2.05) is 25.1 Å². The van der Waals surface area contributed by atoms with Gasteiger partial charge in [-0.1, -0.05) is 12.1 Å². The molecule has 0 bridgehead atoms. The fourth-order valence-electron chi connectivity index (χ4n) is 3.58. The molecule has 2 fully saturated rings. The van der Waals surface area contributed by atoms with Crippen LogP contribution in [0.2, 0.25) is 0 Å². The third-order valence-electron chi connectivity index (χ3n) is 5.16. The highest BCUT2D eigenvalue weighted by atomic mass is 16.5. The Morgan fingerprint density at radius 3 is 2.92 bits per heavy atom. The number of rotatable bonds is 5. The van der Waals surface area contributed by atoms with Gasteiger partial charge in [0.05, 0.1) is 12.7 Å². The van der Waals surface area contributed by atoms with Crippen molar-refractivity contribution < 1.29 is 14.6 Å². The van der Waals surface area contributed by atoms with Crippen molar-refractivity contribution in [1.82, 2.24) is 10.2 Å². The Kier molecular flexibility index (Phi) is 6.42. The van der Waals surface area contributed by atoms with Crippen molar-refractivity contribution in [2.24, 2.45) is 5.92 Å². The third kappa shape index (κ3) is 5.01. The number of hydrogen-bond donors (Lipinski definition) is 3. The van der Waals surface area contributed by atoms with Gasteiger partial charge >= 0.3 is 0 Å². The third-order valence-corrected chi connectivity index (χ3v) is 5.16. The van der Waals surface area contributed by atoms with Crippen LogP contribution in [0, 0.1) is 5.92 Å². The molecule has 2 heterocycles. The topological polar surface area (TPSA) is 73.8 Å². The Morgan fingerprint density at radius 2 is 2.20 bits per heavy atom. The second-order valence-electron chi connectivity index (χ2n) is 7.10. The van der Waals surface area contributed by atoms with Gasteiger partial charge in [-0.15, -0.1) is 0 Å². The van der Waals surface area contributed by atoms with E-state index in [0.717, 1.165) is 38.2 Å². The molecular formula is C19H29N3O3. The van der Waals surface area contributed by atoms with Gasteiger partial charge in [0.1, 0.15) is 6.04 Å². The molecule has 2 atom stereocenters. The lowest BCUT2D eigenvalue weighted by atomic mass is 9.97. The highest BCUT2D eigenvalue weighted by molar-refractivity contribution is 5.95. The fraction of sp³-hybridized carbons (Fsp3) is 0.632. The minimum atomic E-state index is -0.310. The van der Waals surface area contributed by atoms with Crippen molar-refractivity contribution in [3.05, 3.63) is 29.8 Å². The number of hydrogen-bond acceptors (Lipinski definition) is 5. The van der Waals surface area contributed by atoms with Gasteiger partial charge in [0.25, 0.3) is 0 Å². The molecule has 6 nitrogen and oxygen atoms in total. The normalized spacial score (nSPS) is 25.7. The molecule has 0 radical (unpaired) electrons. The number of carbonyl (C=O) groups excluding carboxylic acids is 1. The first-order chi connectivity index (χ1) is 12.2. The fourth-order valence-corrected chi connectivity index (χ4v) is 3.58. The summed E-state index contributed by atoms with van der Waals surface area (Å²) in [4.78, 5) is 14.9. The summed E-state index contributed by atoms with van der Waals surface area (Å²) >= 11 is 0. The van der Waals surface area contributed by atoms with Crippen LogP contribution in [0.5, 0.6) is 0 Å². The number of ether oxygens (including phenoxy) is 1. The predicted molar refractivity (Wildman–Crippen MR) is 97.4 cm³/mol. The molecule has 1 aromatic rings. The molecule has 138 valence electrons. The Morgan fingerprint density at radius 1 is 1.40 bits per heavy atom. The zero-order valence-electron chi connectivity index (χ0n) is 14.9. The maximum Gasteiger partial charge on any atom is 0.244 e. The van der Waals surface area contributed by atoms with Gasteiger partial charge < -0.3 is 20.5 Å². The summed E-state index contributed by atoms with van der Waals surface area (Å²) in [6.45, 7) is 6.48. The quantitative estimate of drug-likeness (QED) is 0.747. The van der Waals surface area contributed by atoms with Crippen LogP contribution >= 0.6 is 0 Å². The molecule has 2 saturated heterocycles. The zero-order valence-corrected chi connectivity index (χ0v) is 14.9. The van der Waals surface area contributed by atoms with Crippen LogP contribution in [-0.4, -0.2) is 60.9 Å². The lowest BCUT2D eigenvalue weighted by molar-refractivity contribution is -0.123. The number of aliphatic hydroxyl groups excluding tert-OH is 1. The number of piperidine rings is 1. The van der Waals surface area contributed by atoms with Crippen LogP contribution in [-0.2, 0) is 16.1 Å². The predicted octanol–water partition coefficient (Wildman–Crippen LogP) is 1.21. The molecule has 25 heavy (non-hydrogen) atoms. The minimum Gasteiger partial charge on any atom is -0.396 e. The average molecular weight is 347 g/mol. The van der Waals surface area contributed by atoms with Crippen LogP contribution in [0.1, 0.15) is 25.3 Å². The summed E-state index contributed by atoms with van der Waals surface area (Å²) in [5.41, 5.74) is 2.02. The molecule has 1 amide bonds. The number of carbonyl (C=O) groups is 1. The van der Waals surface area contributed by atoms with Crippen LogP contribution in [0.25, 0.3) is 0 Å².